The Morgan fingerprint density at radius 2 is 1.91 bits per heavy atom. The van der Waals surface area contributed by atoms with E-state index in [9.17, 15) is 9.59 Å². The quantitative estimate of drug-likeness (QED) is 0.947. The number of rotatable bonds is 3. The van der Waals surface area contributed by atoms with Gasteiger partial charge in [0.15, 0.2) is 0 Å². The smallest absolute Gasteiger partial charge is 0.263 e. The van der Waals surface area contributed by atoms with Crippen molar-refractivity contribution in [1.29, 1.82) is 0 Å². The van der Waals surface area contributed by atoms with Crippen molar-refractivity contribution in [2.45, 2.75) is 38.6 Å². The number of amides is 1. The molecule has 1 heterocycles. The lowest BCUT2D eigenvalue weighted by Crippen LogP contribution is -2.33. The third-order valence-corrected chi connectivity index (χ3v) is 4.59. The van der Waals surface area contributed by atoms with Crippen LogP contribution in [0, 0.1) is 0 Å². The van der Waals surface area contributed by atoms with Crippen LogP contribution in [0.5, 0.6) is 0 Å². The van der Waals surface area contributed by atoms with E-state index in [0.717, 1.165) is 18.4 Å². The summed E-state index contributed by atoms with van der Waals surface area (Å²) in [7, 11) is 1.64. The van der Waals surface area contributed by atoms with Gasteiger partial charge in [0.25, 0.3) is 11.5 Å². The number of pyridine rings is 1. The van der Waals surface area contributed by atoms with Gasteiger partial charge in [-0.1, -0.05) is 18.2 Å². The van der Waals surface area contributed by atoms with Crippen LogP contribution in [0.1, 0.15) is 52.9 Å². The number of aromatic nitrogens is 1. The lowest BCUT2D eigenvalue weighted by atomic mass is 9.89. The minimum Gasteiger partial charge on any atom is -0.345 e. The van der Waals surface area contributed by atoms with E-state index in [1.54, 1.807) is 25.4 Å². The number of hydrogen-bond acceptors (Lipinski definition) is 2. The van der Waals surface area contributed by atoms with Crippen molar-refractivity contribution in [2.75, 3.05) is 0 Å². The van der Waals surface area contributed by atoms with Crippen LogP contribution < -0.4 is 10.9 Å². The molecule has 2 aromatic rings. The number of carbonyl (C=O) groups is 1. The van der Waals surface area contributed by atoms with Crippen molar-refractivity contribution < 1.29 is 4.79 Å². The molecule has 1 aromatic carbocycles. The Balaban J connectivity index is 1.78. The summed E-state index contributed by atoms with van der Waals surface area (Å²) in [6.45, 7) is 1.95. The molecule has 1 aliphatic rings. The van der Waals surface area contributed by atoms with Gasteiger partial charge in [-0.05, 0) is 61.4 Å². The monoisotopic (exact) mass is 310 g/mol. The van der Waals surface area contributed by atoms with Gasteiger partial charge in [0.2, 0.25) is 0 Å². The summed E-state index contributed by atoms with van der Waals surface area (Å²) in [5.74, 6) is -0.323. The Bertz CT molecular complexity index is 792. The topological polar surface area (TPSA) is 51.1 Å². The number of nitrogens with zero attached hydrogens (tertiary/aromatic N) is 1. The molecule has 4 heteroatoms. The molecule has 0 aliphatic heterocycles. The van der Waals surface area contributed by atoms with E-state index in [4.69, 9.17) is 0 Å². The fourth-order valence-electron chi connectivity index (χ4n) is 3.15. The van der Waals surface area contributed by atoms with E-state index in [1.807, 2.05) is 6.92 Å². The minimum atomic E-state index is -0.323. The Labute approximate surface area is 136 Å². The van der Waals surface area contributed by atoms with E-state index in [0.29, 0.717) is 0 Å². The number of hydrogen-bond donors (Lipinski definition) is 1. The molecule has 0 bridgehead atoms. The summed E-state index contributed by atoms with van der Waals surface area (Å²) >= 11 is 0. The summed E-state index contributed by atoms with van der Waals surface area (Å²) in [6, 6.07) is 9.60. The second kappa shape index (κ2) is 6.41. The van der Waals surface area contributed by atoms with Crippen molar-refractivity contribution in [3.63, 3.8) is 0 Å². The maximum absolute atomic E-state index is 12.4. The minimum absolute atomic E-state index is 0.125. The second-order valence-corrected chi connectivity index (χ2v) is 6.27. The molecule has 1 aliphatic carbocycles. The van der Waals surface area contributed by atoms with Crippen molar-refractivity contribution in [3.8, 4) is 0 Å². The van der Waals surface area contributed by atoms with Gasteiger partial charge in [-0.3, -0.25) is 9.59 Å². The van der Waals surface area contributed by atoms with Gasteiger partial charge in [0.05, 0.1) is 6.04 Å². The van der Waals surface area contributed by atoms with Crippen LogP contribution in [0.25, 0.3) is 0 Å². The Kier molecular flexibility index (Phi) is 4.33. The van der Waals surface area contributed by atoms with Crippen molar-refractivity contribution >= 4 is 5.91 Å². The van der Waals surface area contributed by atoms with Crippen LogP contribution in [0.2, 0.25) is 0 Å². The van der Waals surface area contributed by atoms with Gasteiger partial charge >= 0.3 is 0 Å². The standard InChI is InChI=1S/C19H22N2O2/c1-13(15-10-9-14-6-3-4-7-16(14)12-15)20-18(22)17-8-5-11-21(2)19(17)23/h5,8-13H,3-4,6-7H2,1-2H3,(H,20,22). The highest BCUT2D eigenvalue weighted by Gasteiger charge is 2.16. The molecule has 1 N–H and O–H groups in total. The molecule has 23 heavy (non-hydrogen) atoms. The van der Waals surface area contributed by atoms with E-state index in [1.165, 1.54) is 28.5 Å². The predicted molar refractivity (Wildman–Crippen MR) is 90.6 cm³/mol. The zero-order chi connectivity index (χ0) is 16.4. The molecule has 4 nitrogen and oxygen atoms in total. The number of benzene rings is 1. The molecule has 1 unspecified atom stereocenters. The molecule has 1 aromatic heterocycles. The van der Waals surface area contributed by atoms with Crippen LogP contribution in [-0.4, -0.2) is 10.5 Å². The van der Waals surface area contributed by atoms with Crippen LogP contribution in [-0.2, 0) is 19.9 Å². The summed E-state index contributed by atoms with van der Waals surface area (Å²) in [5.41, 5.74) is 3.81. The van der Waals surface area contributed by atoms with Crippen molar-refractivity contribution in [3.05, 3.63) is 69.1 Å². The summed E-state index contributed by atoms with van der Waals surface area (Å²) in [5, 5.41) is 2.94. The van der Waals surface area contributed by atoms with Gasteiger partial charge in [0.1, 0.15) is 5.56 Å². The molecule has 0 saturated carbocycles. The first-order valence-corrected chi connectivity index (χ1v) is 8.14. The highest BCUT2D eigenvalue weighted by atomic mass is 16.2. The summed E-state index contributed by atoms with van der Waals surface area (Å²) < 4.78 is 1.42. The van der Waals surface area contributed by atoms with Gasteiger partial charge < -0.3 is 9.88 Å². The van der Waals surface area contributed by atoms with Gasteiger partial charge in [-0.25, -0.2) is 0 Å². The zero-order valence-corrected chi connectivity index (χ0v) is 13.6. The molecule has 120 valence electrons. The zero-order valence-electron chi connectivity index (χ0n) is 13.6. The fraction of sp³-hybridized carbons (Fsp3) is 0.368. The molecule has 1 atom stereocenters. The summed E-state index contributed by atoms with van der Waals surface area (Å²) in [4.78, 5) is 24.4. The molecule has 0 fully saturated rings. The first-order chi connectivity index (χ1) is 11.1. The first kappa shape index (κ1) is 15.5. The molecule has 0 saturated heterocycles. The highest BCUT2D eigenvalue weighted by molar-refractivity contribution is 5.94. The Morgan fingerprint density at radius 1 is 1.17 bits per heavy atom. The van der Waals surface area contributed by atoms with Crippen LogP contribution >= 0.6 is 0 Å². The molecule has 3 rings (SSSR count). The van der Waals surface area contributed by atoms with E-state index in [-0.39, 0.29) is 23.1 Å². The van der Waals surface area contributed by atoms with Gasteiger partial charge in [-0.15, -0.1) is 0 Å². The lowest BCUT2D eigenvalue weighted by Gasteiger charge is -2.20. The molecule has 1 amide bonds. The average molecular weight is 310 g/mol. The maximum Gasteiger partial charge on any atom is 0.263 e. The number of carbonyl (C=O) groups excluding carboxylic acids is 1. The maximum atomic E-state index is 12.4. The van der Waals surface area contributed by atoms with Crippen LogP contribution in [0.4, 0.5) is 0 Å². The third kappa shape index (κ3) is 3.21. The normalized spacial score (nSPS) is 14.9. The van der Waals surface area contributed by atoms with Crippen LogP contribution in [0.15, 0.2) is 41.3 Å². The van der Waals surface area contributed by atoms with Crippen molar-refractivity contribution in [1.82, 2.24) is 9.88 Å². The van der Waals surface area contributed by atoms with E-state index >= 15 is 0 Å². The van der Waals surface area contributed by atoms with E-state index in [2.05, 4.69) is 23.5 Å². The lowest BCUT2D eigenvalue weighted by molar-refractivity contribution is 0.0938. The highest BCUT2D eigenvalue weighted by Crippen LogP contribution is 2.24. The van der Waals surface area contributed by atoms with Crippen molar-refractivity contribution in [2.24, 2.45) is 7.05 Å². The van der Waals surface area contributed by atoms with Gasteiger partial charge in [0, 0.05) is 13.2 Å². The molecule has 0 spiro atoms. The average Bonchev–Trinajstić information content (AvgIpc) is 2.56. The SMILES string of the molecule is CC(NC(=O)c1cccn(C)c1=O)c1ccc2c(c1)CCCC2. The number of aryl methyl sites for hydroxylation is 3. The Hall–Kier alpha value is -2.36. The summed E-state index contributed by atoms with van der Waals surface area (Å²) in [6.07, 6.45) is 6.40. The second-order valence-electron chi connectivity index (χ2n) is 6.27. The van der Waals surface area contributed by atoms with Crippen LogP contribution in [0.3, 0.4) is 0 Å². The Morgan fingerprint density at radius 3 is 2.70 bits per heavy atom. The number of nitrogens with one attached hydrogen (secondary N) is 1. The van der Waals surface area contributed by atoms with E-state index < -0.39 is 0 Å². The fourth-order valence-corrected chi connectivity index (χ4v) is 3.15. The largest absolute Gasteiger partial charge is 0.345 e. The molecular weight excluding hydrogens is 288 g/mol. The first-order valence-electron chi connectivity index (χ1n) is 8.14. The third-order valence-electron chi connectivity index (χ3n) is 4.59. The van der Waals surface area contributed by atoms with Gasteiger partial charge in [-0.2, -0.15) is 0 Å². The predicted octanol–water partition coefficient (Wildman–Crippen LogP) is 2.76. The number of fused-ring (bicyclic) bond motifs is 1. The molecular formula is C19H22N2O2. The molecule has 0 radical (unpaired) electrons.